The second-order valence-corrected chi connectivity index (χ2v) is 9.24. The highest BCUT2D eigenvalue weighted by atomic mass is 32.2. The van der Waals surface area contributed by atoms with Crippen molar-refractivity contribution in [2.24, 2.45) is 5.92 Å². The third-order valence-corrected chi connectivity index (χ3v) is 6.91. The topological polar surface area (TPSA) is 91.8 Å². The maximum absolute atomic E-state index is 12.7. The van der Waals surface area contributed by atoms with Gasteiger partial charge in [0.05, 0.1) is 17.4 Å². The summed E-state index contributed by atoms with van der Waals surface area (Å²) in [7, 11) is -1.46. The van der Waals surface area contributed by atoms with Crippen LogP contribution in [0, 0.1) is 5.92 Å². The first-order valence-electron chi connectivity index (χ1n) is 8.56. The molecule has 0 spiro atoms. The van der Waals surface area contributed by atoms with Gasteiger partial charge in [-0.25, -0.2) is 8.42 Å². The Morgan fingerprint density at radius 3 is 2.38 bits per heavy atom. The lowest BCUT2D eigenvalue weighted by Gasteiger charge is -2.26. The van der Waals surface area contributed by atoms with Gasteiger partial charge in [-0.05, 0) is 37.6 Å². The fraction of sp³-hybridized carbons (Fsp3) is 0.500. The minimum absolute atomic E-state index is 0.00781. The van der Waals surface area contributed by atoms with Crippen LogP contribution in [-0.4, -0.2) is 62.1 Å². The summed E-state index contributed by atoms with van der Waals surface area (Å²) in [6.07, 6.45) is 0.554. The number of amides is 2. The van der Waals surface area contributed by atoms with E-state index in [0.717, 1.165) is 0 Å². The van der Waals surface area contributed by atoms with Crippen molar-refractivity contribution in [1.82, 2.24) is 4.90 Å². The number of anilines is 1. The Kier molecular flexibility index (Phi) is 4.88. The van der Waals surface area contributed by atoms with E-state index in [1.165, 1.54) is 11.8 Å². The van der Waals surface area contributed by atoms with Gasteiger partial charge in [-0.1, -0.05) is 0 Å². The molecule has 7 nitrogen and oxygen atoms in total. The lowest BCUT2D eigenvalue weighted by atomic mass is 10.1. The summed E-state index contributed by atoms with van der Waals surface area (Å²) >= 11 is 0. The third kappa shape index (κ3) is 3.65. The molecule has 0 N–H and O–H groups in total. The van der Waals surface area contributed by atoms with Crippen molar-refractivity contribution in [1.29, 1.82) is 0 Å². The van der Waals surface area contributed by atoms with E-state index in [-0.39, 0.29) is 48.1 Å². The summed E-state index contributed by atoms with van der Waals surface area (Å²) in [4.78, 5) is 39.5. The molecule has 8 heteroatoms. The predicted octanol–water partition coefficient (Wildman–Crippen LogP) is 0.888. The molecule has 2 aliphatic rings. The molecule has 3 rings (SSSR count). The number of rotatable bonds is 4. The Labute approximate surface area is 152 Å². The molecule has 2 fully saturated rings. The third-order valence-electron chi connectivity index (χ3n) is 5.16. The molecule has 0 saturated carbocycles. The van der Waals surface area contributed by atoms with Crippen molar-refractivity contribution < 1.29 is 22.8 Å². The molecule has 1 aromatic carbocycles. The molecular weight excluding hydrogens is 356 g/mol. The number of benzene rings is 1. The first-order valence-corrected chi connectivity index (χ1v) is 10.4. The number of ketones is 1. The van der Waals surface area contributed by atoms with Crippen molar-refractivity contribution in [2.75, 3.05) is 30.0 Å². The summed E-state index contributed by atoms with van der Waals surface area (Å²) in [6, 6.07) is 6.42. The molecule has 2 heterocycles. The summed E-state index contributed by atoms with van der Waals surface area (Å²) < 4.78 is 23.3. The summed E-state index contributed by atoms with van der Waals surface area (Å²) in [5.74, 6) is -0.775. The highest BCUT2D eigenvalue weighted by Gasteiger charge is 2.40. The van der Waals surface area contributed by atoms with Gasteiger partial charge in [0.2, 0.25) is 11.8 Å². The molecule has 0 radical (unpaired) electrons. The largest absolute Gasteiger partial charge is 0.341 e. The molecule has 140 valence electrons. The predicted molar refractivity (Wildman–Crippen MR) is 96.7 cm³/mol. The maximum atomic E-state index is 12.7. The molecule has 2 unspecified atom stereocenters. The fourth-order valence-corrected chi connectivity index (χ4v) is 5.32. The van der Waals surface area contributed by atoms with E-state index in [9.17, 15) is 22.8 Å². The zero-order valence-electron chi connectivity index (χ0n) is 14.8. The minimum atomic E-state index is -3.07. The fourth-order valence-electron chi connectivity index (χ4n) is 3.55. The zero-order valence-corrected chi connectivity index (χ0v) is 15.7. The lowest BCUT2D eigenvalue weighted by molar-refractivity contribution is -0.136. The van der Waals surface area contributed by atoms with Crippen molar-refractivity contribution in [3.63, 3.8) is 0 Å². The van der Waals surface area contributed by atoms with E-state index in [1.807, 2.05) is 0 Å². The Morgan fingerprint density at radius 2 is 1.85 bits per heavy atom. The maximum Gasteiger partial charge on any atom is 0.228 e. The highest BCUT2D eigenvalue weighted by molar-refractivity contribution is 7.91. The minimum Gasteiger partial charge on any atom is -0.341 e. The van der Waals surface area contributed by atoms with E-state index in [0.29, 0.717) is 17.7 Å². The number of carbonyl (C=O) groups excluding carboxylic acids is 3. The molecule has 0 bridgehead atoms. The van der Waals surface area contributed by atoms with Gasteiger partial charge in [-0.15, -0.1) is 0 Å². The Balaban J connectivity index is 1.69. The van der Waals surface area contributed by atoms with Gasteiger partial charge in [0, 0.05) is 37.3 Å². The second kappa shape index (κ2) is 6.83. The van der Waals surface area contributed by atoms with E-state index in [2.05, 4.69) is 0 Å². The molecule has 2 saturated heterocycles. The Hall–Kier alpha value is -2.22. The SMILES string of the molecule is CC(=O)c1ccc(N2CC(C(=O)N(C)C3CCS(=O)(=O)C3)CC2=O)cc1. The molecule has 26 heavy (non-hydrogen) atoms. The van der Waals surface area contributed by atoms with Gasteiger partial charge in [-0.2, -0.15) is 0 Å². The zero-order chi connectivity index (χ0) is 19.1. The van der Waals surface area contributed by atoms with Gasteiger partial charge in [0.25, 0.3) is 0 Å². The summed E-state index contributed by atoms with van der Waals surface area (Å²) in [5, 5.41) is 0. The van der Waals surface area contributed by atoms with Crippen molar-refractivity contribution in [2.45, 2.75) is 25.8 Å². The van der Waals surface area contributed by atoms with Crippen LogP contribution in [0.2, 0.25) is 0 Å². The normalized spacial score (nSPS) is 24.7. The number of sulfone groups is 1. The van der Waals surface area contributed by atoms with Crippen molar-refractivity contribution in [3.05, 3.63) is 29.8 Å². The summed E-state index contributed by atoms with van der Waals surface area (Å²) in [6.45, 7) is 1.74. The van der Waals surface area contributed by atoms with Crippen LogP contribution in [0.15, 0.2) is 24.3 Å². The molecule has 0 aromatic heterocycles. The van der Waals surface area contributed by atoms with Crippen LogP contribution in [0.4, 0.5) is 5.69 Å². The Morgan fingerprint density at radius 1 is 1.19 bits per heavy atom. The first kappa shape index (κ1) is 18.6. The molecule has 2 aliphatic heterocycles. The first-order chi connectivity index (χ1) is 12.2. The van der Waals surface area contributed by atoms with Crippen LogP contribution < -0.4 is 4.90 Å². The monoisotopic (exact) mass is 378 g/mol. The van der Waals surface area contributed by atoms with Gasteiger partial charge < -0.3 is 9.80 Å². The van der Waals surface area contributed by atoms with E-state index in [1.54, 1.807) is 36.2 Å². The van der Waals surface area contributed by atoms with E-state index >= 15 is 0 Å². The van der Waals surface area contributed by atoms with Crippen LogP contribution in [-0.2, 0) is 19.4 Å². The van der Waals surface area contributed by atoms with E-state index in [4.69, 9.17) is 0 Å². The summed E-state index contributed by atoms with van der Waals surface area (Å²) in [5.41, 5.74) is 1.22. The quantitative estimate of drug-likeness (QED) is 0.726. The number of nitrogens with zero attached hydrogens (tertiary/aromatic N) is 2. The second-order valence-electron chi connectivity index (χ2n) is 7.01. The molecular formula is C18H22N2O5S. The van der Waals surface area contributed by atoms with Crippen LogP contribution in [0.5, 0.6) is 0 Å². The smallest absolute Gasteiger partial charge is 0.228 e. The van der Waals surface area contributed by atoms with Gasteiger partial charge in [-0.3, -0.25) is 14.4 Å². The lowest BCUT2D eigenvalue weighted by Crippen LogP contribution is -2.42. The molecule has 0 aliphatic carbocycles. The van der Waals surface area contributed by atoms with Crippen LogP contribution in [0.1, 0.15) is 30.1 Å². The molecule has 1 aromatic rings. The number of carbonyl (C=O) groups is 3. The Bertz CT molecular complexity index is 847. The number of Topliss-reactive ketones (excluding diaryl/α,β-unsaturated/α-hetero) is 1. The van der Waals surface area contributed by atoms with Crippen LogP contribution >= 0.6 is 0 Å². The van der Waals surface area contributed by atoms with Crippen molar-refractivity contribution in [3.8, 4) is 0 Å². The van der Waals surface area contributed by atoms with Crippen LogP contribution in [0.25, 0.3) is 0 Å². The van der Waals surface area contributed by atoms with Crippen LogP contribution in [0.3, 0.4) is 0 Å². The number of hydrogen-bond donors (Lipinski definition) is 0. The van der Waals surface area contributed by atoms with Gasteiger partial charge in [0.15, 0.2) is 15.6 Å². The van der Waals surface area contributed by atoms with Crippen molar-refractivity contribution >= 4 is 33.1 Å². The molecule has 2 amide bonds. The molecule has 2 atom stereocenters. The average Bonchev–Trinajstić information content (AvgIpc) is 3.16. The highest BCUT2D eigenvalue weighted by Crippen LogP contribution is 2.28. The van der Waals surface area contributed by atoms with Gasteiger partial charge in [0.1, 0.15) is 0 Å². The average molecular weight is 378 g/mol. The standard InChI is InChI=1S/C18H22N2O5S/c1-12(21)13-3-5-15(6-4-13)20-10-14(9-17(20)22)18(23)19(2)16-7-8-26(24,25)11-16/h3-6,14,16H,7-11H2,1-2H3. The van der Waals surface area contributed by atoms with E-state index < -0.39 is 15.8 Å². The number of hydrogen-bond acceptors (Lipinski definition) is 5. The van der Waals surface area contributed by atoms with Gasteiger partial charge >= 0.3 is 0 Å².